The number of carbonyl (C=O) groups excluding carboxylic acids is 1. The van der Waals surface area contributed by atoms with Crippen molar-refractivity contribution in [1.82, 2.24) is 5.32 Å². The van der Waals surface area contributed by atoms with Crippen molar-refractivity contribution in [2.45, 2.75) is 0 Å². The quantitative estimate of drug-likeness (QED) is 0.901. The Bertz CT molecular complexity index is 511. The van der Waals surface area contributed by atoms with Crippen molar-refractivity contribution in [3.8, 4) is 11.1 Å². The second-order valence-electron chi connectivity index (χ2n) is 3.99. The van der Waals surface area contributed by atoms with Crippen LogP contribution >= 0.6 is 12.4 Å². The molecule has 0 radical (unpaired) electrons. The molecule has 100 valence electrons. The normalized spacial score (nSPS) is 9.53. The zero-order valence-corrected chi connectivity index (χ0v) is 11.3. The molecule has 0 unspecified atom stereocenters. The Balaban J connectivity index is 0.00000180. The maximum atomic E-state index is 11.7. The molecule has 3 N–H and O–H groups in total. The van der Waals surface area contributed by atoms with Gasteiger partial charge in [0.25, 0.3) is 5.91 Å². The Labute approximate surface area is 119 Å². The van der Waals surface area contributed by atoms with Crippen LogP contribution < -0.4 is 11.1 Å². The average molecular weight is 277 g/mol. The van der Waals surface area contributed by atoms with Crippen molar-refractivity contribution in [2.75, 3.05) is 13.1 Å². The molecule has 2 rings (SSSR count). The second kappa shape index (κ2) is 7.56. The van der Waals surface area contributed by atoms with Crippen molar-refractivity contribution in [3.05, 3.63) is 60.2 Å². The van der Waals surface area contributed by atoms with Crippen LogP contribution in [0.25, 0.3) is 11.1 Å². The summed E-state index contributed by atoms with van der Waals surface area (Å²) < 4.78 is 0. The highest BCUT2D eigenvalue weighted by molar-refractivity contribution is 5.94. The topological polar surface area (TPSA) is 55.1 Å². The number of halogens is 1. The SMILES string of the molecule is Cl.NCCNC(=O)c1ccc(-c2ccccc2)cc1. The molecule has 0 atom stereocenters. The molecule has 4 heteroatoms. The molecule has 0 saturated heterocycles. The van der Waals surface area contributed by atoms with Gasteiger partial charge < -0.3 is 11.1 Å². The molecule has 0 aliphatic rings. The molecular formula is C15H17ClN2O. The first-order valence-corrected chi connectivity index (χ1v) is 5.95. The van der Waals surface area contributed by atoms with Crippen LogP contribution in [0.3, 0.4) is 0 Å². The van der Waals surface area contributed by atoms with Crippen molar-refractivity contribution < 1.29 is 4.79 Å². The van der Waals surface area contributed by atoms with Crippen LogP contribution in [0.2, 0.25) is 0 Å². The average Bonchev–Trinajstić information content (AvgIpc) is 2.46. The summed E-state index contributed by atoms with van der Waals surface area (Å²) in [5.74, 6) is -0.0833. The highest BCUT2D eigenvalue weighted by Crippen LogP contribution is 2.19. The summed E-state index contributed by atoms with van der Waals surface area (Å²) in [5, 5.41) is 2.74. The Morgan fingerprint density at radius 3 is 2.11 bits per heavy atom. The minimum absolute atomic E-state index is 0. The lowest BCUT2D eigenvalue weighted by atomic mass is 10.0. The van der Waals surface area contributed by atoms with Gasteiger partial charge in [-0.05, 0) is 23.3 Å². The van der Waals surface area contributed by atoms with Crippen LogP contribution in [-0.2, 0) is 0 Å². The van der Waals surface area contributed by atoms with Gasteiger partial charge in [0.05, 0.1) is 0 Å². The third kappa shape index (κ3) is 4.09. The van der Waals surface area contributed by atoms with Crippen molar-refractivity contribution in [2.24, 2.45) is 5.73 Å². The first-order chi connectivity index (χ1) is 8.81. The molecule has 3 nitrogen and oxygen atoms in total. The highest BCUT2D eigenvalue weighted by Gasteiger charge is 2.04. The fourth-order valence-corrected chi connectivity index (χ4v) is 1.73. The molecule has 1 amide bonds. The third-order valence-corrected chi connectivity index (χ3v) is 2.68. The number of rotatable bonds is 4. The second-order valence-corrected chi connectivity index (χ2v) is 3.99. The largest absolute Gasteiger partial charge is 0.351 e. The fourth-order valence-electron chi connectivity index (χ4n) is 1.73. The van der Waals surface area contributed by atoms with Crippen LogP contribution in [0, 0.1) is 0 Å². The summed E-state index contributed by atoms with van der Waals surface area (Å²) in [6.45, 7) is 0.951. The molecular weight excluding hydrogens is 260 g/mol. The van der Waals surface area contributed by atoms with Crippen molar-refractivity contribution in [1.29, 1.82) is 0 Å². The molecule has 0 fully saturated rings. The van der Waals surface area contributed by atoms with Gasteiger partial charge in [-0.1, -0.05) is 42.5 Å². The van der Waals surface area contributed by atoms with Crippen LogP contribution in [0.5, 0.6) is 0 Å². The molecule has 0 bridgehead atoms. The third-order valence-electron chi connectivity index (χ3n) is 2.68. The number of benzene rings is 2. The van der Waals surface area contributed by atoms with E-state index >= 15 is 0 Å². The maximum Gasteiger partial charge on any atom is 0.251 e. The van der Waals surface area contributed by atoms with E-state index in [9.17, 15) is 4.79 Å². The number of hydrogen-bond acceptors (Lipinski definition) is 2. The molecule has 0 aliphatic carbocycles. The summed E-state index contributed by atoms with van der Waals surface area (Å²) in [6, 6.07) is 17.6. The predicted molar refractivity (Wildman–Crippen MR) is 80.5 cm³/mol. The minimum Gasteiger partial charge on any atom is -0.351 e. The lowest BCUT2D eigenvalue weighted by Crippen LogP contribution is -2.28. The van der Waals surface area contributed by atoms with E-state index in [1.807, 2.05) is 54.6 Å². The van der Waals surface area contributed by atoms with Crippen LogP contribution in [0.4, 0.5) is 0 Å². The number of nitrogens with one attached hydrogen (secondary N) is 1. The van der Waals surface area contributed by atoms with E-state index in [4.69, 9.17) is 5.73 Å². The van der Waals surface area contributed by atoms with E-state index in [0.717, 1.165) is 11.1 Å². The highest BCUT2D eigenvalue weighted by atomic mass is 35.5. The molecule has 2 aromatic carbocycles. The number of nitrogens with two attached hydrogens (primary N) is 1. The Morgan fingerprint density at radius 2 is 1.53 bits per heavy atom. The van der Waals surface area contributed by atoms with Gasteiger partial charge in [-0.25, -0.2) is 0 Å². The van der Waals surface area contributed by atoms with Crippen molar-refractivity contribution in [3.63, 3.8) is 0 Å². The molecule has 0 heterocycles. The monoisotopic (exact) mass is 276 g/mol. The molecule has 0 aromatic heterocycles. The van der Waals surface area contributed by atoms with Gasteiger partial charge >= 0.3 is 0 Å². The molecule has 19 heavy (non-hydrogen) atoms. The zero-order valence-electron chi connectivity index (χ0n) is 10.5. The van der Waals surface area contributed by atoms with Crippen LogP contribution in [0.15, 0.2) is 54.6 Å². The molecule has 2 aromatic rings. The predicted octanol–water partition coefficient (Wildman–Crippen LogP) is 2.46. The summed E-state index contributed by atoms with van der Waals surface area (Å²) in [4.78, 5) is 11.7. The van der Waals surface area contributed by atoms with Crippen molar-refractivity contribution >= 4 is 18.3 Å². The Kier molecular flexibility index (Phi) is 6.06. The van der Waals surface area contributed by atoms with Gasteiger partial charge in [-0.3, -0.25) is 4.79 Å². The zero-order chi connectivity index (χ0) is 12.8. The van der Waals surface area contributed by atoms with Gasteiger partial charge in [0.2, 0.25) is 0 Å². The molecule has 0 aliphatic heterocycles. The van der Waals surface area contributed by atoms with E-state index in [0.29, 0.717) is 18.7 Å². The number of amides is 1. The maximum absolute atomic E-state index is 11.7. The van der Waals surface area contributed by atoms with E-state index in [2.05, 4.69) is 5.32 Å². The first kappa shape index (κ1) is 15.2. The van der Waals surface area contributed by atoms with Gasteiger partial charge in [0.15, 0.2) is 0 Å². The standard InChI is InChI=1S/C15H16N2O.ClH/c16-10-11-17-15(18)14-8-6-13(7-9-14)12-4-2-1-3-5-12;/h1-9H,10-11,16H2,(H,17,18);1H. The summed E-state index contributed by atoms with van der Waals surface area (Å²) in [5.41, 5.74) is 8.24. The lowest BCUT2D eigenvalue weighted by Gasteiger charge is -2.05. The van der Waals surface area contributed by atoms with E-state index in [1.165, 1.54) is 0 Å². The van der Waals surface area contributed by atoms with Crippen LogP contribution in [0.1, 0.15) is 10.4 Å². The van der Waals surface area contributed by atoms with Gasteiger partial charge in [0, 0.05) is 18.7 Å². The van der Waals surface area contributed by atoms with Gasteiger partial charge in [-0.2, -0.15) is 0 Å². The summed E-state index contributed by atoms with van der Waals surface area (Å²) in [6.07, 6.45) is 0. The van der Waals surface area contributed by atoms with E-state index in [1.54, 1.807) is 0 Å². The smallest absolute Gasteiger partial charge is 0.251 e. The number of hydrogen-bond donors (Lipinski definition) is 2. The number of carbonyl (C=O) groups is 1. The van der Waals surface area contributed by atoms with Gasteiger partial charge in [-0.15, -0.1) is 12.4 Å². The lowest BCUT2D eigenvalue weighted by molar-refractivity contribution is 0.0955. The first-order valence-electron chi connectivity index (χ1n) is 5.95. The Hall–Kier alpha value is -1.84. The Morgan fingerprint density at radius 1 is 0.947 bits per heavy atom. The minimum atomic E-state index is -0.0833. The van der Waals surface area contributed by atoms with E-state index in [-0.39, 0.29) is 18.3 Å². The fraction of sp³-hybridized carbons (Fsp3) is 0.133. The summed E-state index contributed by atoms with van der Waals surface area (Å²) in [7, 11) is 0. The summed E-state index contributed by atoms with van der Waals surface area (Å²) >= 11 is 0. The van der Waals surface area contributed by atoms with Crippen LogP contribution in [-0.4, -0.2) is 19.0 Å². The van der Waals surface area contributed by atoms with E-state index < -0.39 is 0 Å². The van der Waals surface area contributed by atoms with Gasteiger partial charge in [0.1, 0.15) is 0 Å². The molecule has 0 spiro atoms. The molecule has 0 saturated carbocycles.